The first-order valence-corrected chi connectivity index (χ1v) is 5.51. The van der Waals surface area contributed by atoms with E-state index in [0.717, 1.165) is 18.3 Å². The molecule has 0 aliphatic carbocycles. The van der Waals surface area contributed by atoms with Crippen molar-refractivity contribution in [3.8, 4) is 0 Å². The van der Waals surface area contributed by atoms with Gasteiger partial charge < -0.3 is 0 Å². The smallest absolute Gasteiger partial charge is 0.0391 e. The fourth-order valence-electron chi connectivity index (χ4n) is 1.73. The minimum atomic E-state index is 0.851. The molecule has 0 aliphatic heterocycles. The lowest BCUT2D eigenvalue weighted by atomic mass is 9.87. The lowest BCUT2D eigenvalue weighted by Crippen LogP contribution is -2.08. The molecule has 1 unspecified atom stereocenters. The quantitative estimate of drug-likeness (QED) is 0.494. The maximum atomic E-state index is 3.94. The molecular formula is C12H25. The van der Waals surface area contributed by atoms with Gasteiger partial charge in [0.15, 0.2) is 0 Å². The van der Waals surface area contributed by atoms with Crippen molar-refractivity contribution < 1.29 is 0 Å². The molecule has 0 aromatic carbocycles. The van der Waals surface area contributed by atoms with Gasteiger partial charge in [-0.2, -0.15) is 0 Å². The summed E-state index contributed by atoms with van der Waals surface area (Å²) in [5, 5.41) is 0. The van der Waals surface area contributed by atoms with Crippen LogP contribution in [0.4, 0.5) is 0 Å². The first kappa shape index (κ1) is 12.0. The molecule has 0 heterocycles. The molecule has 1 atom stereocenters. The number of hydrogen-bond acceptors (Lipinski definition) is 0. The summed E-state index contributed by atoms with van der Waals surface area (Å²) in [6.45, 7) is 10.9. The van der Waals surface area contributed by atoms with Gasteiger partial charge in [0, 0.05) is 0 Å². The third-order valence-corrected chi connectivity index (χ3v) is 2.70. The standard InChI is InChI=1S/C12H25/c1-5-7-8-10-12(9-6-2)11(3)4/h11-12H,2,5-10H2,1,3-4H3. The van der Waals surface area contributed by atoms with E-state index in [1.54, 1.807) is 0 Å². The zero-order chi connectivity index (χ0) is 9.40. The average molecular weight is 169 g/mol. The van der Waals surface area contributed by atoms with E-state index in [1.807, 2.05) is 0 Å². The van der Waals surface area contributed by atoms with Crippen LogP contribution < -0.4 is 0 Å². The summed E-state index contributed by atoms with van der Waals surface area (Å²) in [6, 6.07) is 0. The highest BCUT2D eigenvalue weighted by Crippen LogP contribution is 2.23. The third-order valence-electron chi connectivity index (χ3n) is 2.70. The van der Waals surface area contributed by atoms with Crippen molar-refractivity contribution in [2.24, 2.45) is 11.8 Å². The molecule has 0 fully saturated rings. The highest BCUT2D eigenvalue weighted by Gasteiger charge is 2.10. The molecule has 0 saturated carbocycles. The van der Waals surface area contributed by atoms with E-state index in [2.05, 4.69) is 27.7 Å². The molecular weight excluding hydrogens is 144 g/mol. The number of hydrogen-bond donors (Lipinski definition) is 0. The molecule has 0 spiro atoms. The molecule has 0 aromatic rings. The van der Waals surface area contributed by atoms with Gasteiger partial charge in [-0.3, -0.25) is 0 Å². The molecule has 12 heavy (non-hydrogen) atoms. The second-order valence-electron chi connectivity index (χ2n) is 4.14. The van der Waals surface area contributed by atoms with Crippen LogP contribution in [0.15, 0.2) is 0 Å². The SMILES string of the molecule is [CH2]CCC(CCCCC)C(C)C. The van der Waals surface area contributed by atoms with Gasteiger partial charge in [0.25, 0.3) is 0 Å². The summed E-state index contributed by atoms with van der Waals surface area (Å²) in [5.74, 6) is 1.78. The van der Waals surface area contributed by atoms with E-state index in [9.17, 15) is 0 Å². The van der Waals surface area contributed by atoms with Crippen LogP contribution in [0.5, 0.6) is 0 Å². The van der Waals surface area contributed by atoms with Crippen molar-refractivity contribution in [3.63, 3.8) is 0 Å². The maximum absolute atomic E-state index is 3.94. The summed E-state index contributed by atoms with van der Waals surface area (Å²) < 4.78 is 0. The van der Waals surface area contributed by atoms with Crippen molar-refractivity contribution in [2.75, 3.05) is 0 Å². The Morgan fingerprint density at radius 3 is 2.17 bits per heavy atom. The molecule has 0 heteroatoms. The van der Waals surface area contributed by atoms with Gasteiger partial charge in [0.1, 0.15) is 0 Å². The fraction of sp³-hybridized carbons (Fsp3) is 0.917. The van der Waals surface area contributed by atoms with Gasteiger partial charge in [-0.1, -0.05) is 66.2 Å². The third kappa shape index (κ3) is 5.62. The Balaban J connectivity index is 3.49. The largest absolute Gasteiger partial charge is 0.0654 e. The van der Waals surface area contributed by atoms with Crippen LogP contribution in [-0.4, -0.2) is 0 Å². The first-order chi connectivity index (χ1) is 5.72. The van der Waals surface area contributed by atoms with Crippen LogP contribution in [0.3, 0.4) is 0 Å². The normalized spacial score (nSPS) is 13.8. The van der Waals surface area contributed by atoms with Gasteiger partial charge in [0.2, 0.25) is 0 Å². The van der Waals surface area contributed by atoms with Crippen LogP contribution in [0.2, 0.25) is 0 Å². The van der Waals surface area contributed by atoms with Crippen molar-refractivity contribution in [2.45, 2.75) is 59.3 Å². The average Bonchev–Trinajstić information content (AvgIpc) is 2.03. The first-order valence-electron chi connectivity index (χ1n) is 5.51. The van der Waals surface area contributed by atoms with E-state index >= 15 is 0 Å². The highest BCUT2D eigenvalue weighted by molar-refractivity contribution is 4.64. The van der Waals surface area contributed by atoms with Gasteiger partial charge in [-0.25, -0.2) is 0 Å². The van der Waals surface area contributed by atoms with E-state index in [-0.39, 0.29) is 0 Å². The van der Waals surface area contributed by atoms with Gasteiger partial charge in [-0.15, -0.1) is 0 Å². The summed E-state index contributed by atoms with van der Waals surface area (Å²) >= 11 is 0. The molecule has 1 radical (unpaired) electrons. The van der Waals surface area contributed by atoms with Crippen molar-refractivity contribution >= 4 is 0 Å². The van der Waals surface area contributed by atoms with Gasteiger partial charge in [-0.05, 0) is 11.8 Å². The Bertz CT molecular complexity index is 84.0. The minimum Gasteiger partial charge on any atom is -0.0654 e. The highest BCUT2D eigenvalue weighted by atomic mass is 14.2. The van der Waals surface area contributed by atoms with Crippen LogP contribution >= 0.6 is 0 Å². The van der Waals surface area contributed by atoms with Gasteiger partial charge >= 0.3 is 0 Å². The number of rotatable bonds is 7. The molecule has 73 valence electrons. The van der Waals surface area contributed by atoms with Crippen molar-refractivity contribution in [1.82, 2.24) is 0 Å². The van der Waals surface area contributed by atoms with Crippen molar-refractivity contribution in [3.05, 3.63) is 6.92 Å². The van der Waals surface area contributed by atoms with E-state index in [0.29, 0.717) is 0 Å². The Morgan fingerprint density at radius 1 is 1.08 bits per heavy atom. The second kappa shape index (κ2) is 7.64. The molecule has 0 N–H and O–H groups in total. The fourth-order valence-corrected chi connectivity index (χ4v) is 1.73. The molecule has 0 aliphatic rings. The molecule has 0 nitrogen and oxygen atoms in total. The summed E-state index contributed by atoms with van der Waals surface area (Å²) in [5.41, 5.74) is 0. The van der Waals surface area contributed by atoms with E-state index in [1.165, 1.54) is 32.1 Å². The zero-order valence-electron chi connectivity index (χ0n) is 9.10. The summed E-state index contributed by atoms with van der Waals surface area (Å²) in [6.07, 6.45) is 8.01. The summed E-state index contributed by atoms with van der Waals surface area (Å²) in [7, 11) is 0. The molecule has 0 bridgehead atoms. The van der Waals surface area contributed by atoms with Crippen LogP contribution in [0.1, 0.15) is 59.3 Å². The zero-order valence-corrected chi connectivity index (χ0v) is 9.10. The van der Waals surface area contributed by atoms with E-state index in [4.69, 9.17) is 0 Å². The minimum absolute atomic E-state index is 0.851. The maximum Gasteiger partial charge on any atom is -0.0391 e. The molecule has 0 aromatic heterocycles. The lowest BCUT2D eigenvalue weighted by Gasteiger charge is -2.19. The Morgan fingerprint density at radius 2 is 1.75 bits per heavy atom. The Kier molecular flexibility index (Phi) is 7.64. The Hall–Kier alpha value is 0. The van der Waals surface area contributed by atoms with Crippen molar-refractivity contribution in [1.29, 1.82) is 0 Å². The van der Waals surface area contributed by atoms with E-state index < -0.39 is 0 Å². The number of unbranched alkanes of at least 4 members (excludes halogenated alkanes) is 2. The van der Waals surface area contributed by atoms with Crippen LogP contribution in [-0.2, 0) is 0 Å². The monoisotopic (exact) mass is 169 g/mol. The molecule has 0 amide bonds. The summed E-state index contributed by atoms with van der Waals surface area (Å²) in [4.78, 5) is 0. The predicted octanol–water partition coefficient (Wildman–Crippen LogP) is 4.45. The molecule has 0 rings (SSSR count). The van der Waals surface area contributed by atoms with Crippen LogP contribution in [0.25, 0.3) is 0 Å². The van der Waals surface area contributed by atoms with Crippen LogP contribution in [0, 0.1) is 18.8 Å². The van der Waals surface area contributed by atoms with Gasteiger partial charge in [0.05, 0.1) is 0 Å². The predicted molar refractivity (Wildman–Crippen MR) is 57.1 cm³/mol. The second-order valence-corrected chi connectivity index (χ2v) is 4.14. The lowest BCUT2D eigenvalue weighted by molar-refractivity contribution is 0.327. The topological polar surface area (TPSA) is 0 Å². The Labute approximate surface area is 78.8 Å². The molecule has 0 saturated heterocycles.